The van der Waals surface area contributed by atoms with Gasteiger partial charge in [-0.3, -0.25) is 9.13 Å². The molecule has 3 N–H and O–H groups in total. The molecule has 4 aliphatic rings. The lowest BCUT2D eigenvalue weighted by Gasteiger charge is -2.51. The first-order valence-corrected chi connectivity index (χ1v) is 18.8. The molecule has 5 atom stereocenters. The van der Waals surface area contributed by atoms with Gasteiger partial charge in [0.2, 0.25) is 5.88 Å². The Morgan fingerprint density at radius 2 is 1.88 bits per heavy atom. The Hall–Kier alpha value is -2.80. The van der Waals surface area contributed by atoms with Crippen molar-refractivity contribution in [2.24, 2.45) is 24.3 Å². The number of rotatable bonds is 10. The molecule has 0 bridgehead atoms. The van der Waals surface area contributed by atoms with Crippen LogP contribution in [0.25, 0.3) is 16.9 Å². The van der Waals surface area contributed by atoms with Crippen LogP contribution in [0.15, 0.2) is 10.4 Å². The van der Waals surface area contributed by atoms with Gasteiger partial charge in [0, 0.05) is 32.2 Å². The van der Waals surface area contributed by atoms with E-state index in [4.69, 9.17) is 28.9 Å². The minimum atomic E-state index is -0.755. The Morgan fingerprint density at radius 1 is 1.14 bits per heavy atom. The summed E-state index contributed by atoms with van der Waals surface area (Å²) in [5, 5.41) is 24.8. The SMILES string of the molecule is CC[C@@H](CCCNC)[C@H](C)Oc1nc(/C(O)=C2\CCCC[C@@]3(CCCCC34OCCO4)C(=N)C2)nc2c1n(C)c(=O)n2[C@H]1COC[C@@H](C)C1. The number of ether oxygens (including phenoxy) is 4. The molecule has 6 rings (SSSR count). The number of aliphatic hydroxyl groups is 1. The zero-order valence-corrected chi connectivity index (χ0v) is 30.3. The summed E-state index contributed by atoms with van der Waals surface area (Å²) >= 11 is 0. The van der Waals surface area contributed by atoms with Gasteiger partial charge in [-0.25, -0.2) is 9.78 Å². The fourth-order valence-electron chi connectivity index (χ4n) is 9.05. The van der Waals surface area contributed by atoms with Gasteiger partial charge in [-0.2, -0.15) is 4.98 Å². The minimum absolute atomic E-state index is 0.0310. The second kappa shape index (κ2) is 15.2. The highest BCUT2D eigenvalue weighted by molar-refractivity contribution is 5.92. The van der Waals surface area contributed by atoms with Gasteiger partial charge in [0.05, 0.1) is 31.3 Å². The standard InChI is InChI=1S/C37H58N6O6/c1-6-26(13-11-17-39-4)25(3)49-34-30-33(43(35(45)42(30)5)28-20-24(2)22-46-23-28)40-32(41-34)31(44)27-12-7-8-14-36(29(38)21-27)15-9-10-16-37(36)47-18-19-48-37/h24-26,28,38-39,44H,6-23H2,1-5H3/b31-27-,38-29?/t24-,25-,26-,28+,36+/m0/s1. The minimum Gasteiger partial charge on any atom is -0.504 e. The van der Waals surface area contributed by atoms with Crippen LogP contribution in [0.3, 0.4) is 0 Å². The molecule has 49 heavy (non-hydrogen) atoms. The maximum absolute atomic E-state index is 13.9. The lowest BCUT2D eigenvalue weighted by Crippen LogP contribution is -2.56. The second-order valence-corrected chi connectivity index (χ2v) is 15.1. The van der Waals surface area contributed by atoms with Crippen LogP contribution < -0.4 is 15.7 Å². The number of aliphatic hydroxyl groups excluding tert-OH is 1. The van der Waals surface area contributed by atoms with Gasteiger partial charge >= 0.3 is 5.69 Å². The molecule has 0 amide bonds. The Balaban J connectivity index is 1.43. The third-order valence-electron chi connectivity index (χ3n) is 11.8. The molecule has 12 heteroatoms. The van der Waals surface area contributed by atoms with Gasteiger partial charge in [-0.1, -0.05) is 26.7 Å². The highest BCUT2D eigenvalue weighted by atomic mass is 16.7. The molecular weight excluding hydrogens is 624 g/mol. The molecule has 2 saturated heterocycles. The van der Waals surface area contributed by atoms with E-state index in [0.29, 0.717) is 67.9 Å². The van der Waals surface area contributed by atoms with Crippen molar-refractivity contribution in [1.29, 1.82) is 5.41 Å². The van der Waals surface area contributed by atoms with E-state index in [-0.39, 0.29) is 35.3 Å². The van der Waals surface area contributed by atoms with Crippen molar-refractivity contribution in [3.8, 4) is 5.88 Å². The lowest BCUT2D eigenvalue weighted by molar-refractivity contribution is -0.236. The first-order chi connectivity index (χ1) is 23.6. The summed E-state index contributed by atoms with van der Waals surface area (Å²) in [5.41, 5.74) is 1.53. The number of aryl methyl sites for hydroxylation is 1. The van der Waals surface area contributed by atoms with E-state index < -0.39 is 11.2 Å². The first-order valence-electron chi connectivity index (χ1n) is 18.8. The van der Waals surface area contributed by atoms with E-state index in [9.17, 15) is 15.3 Å². The predicted molar refractivity (Wildman–Crippen MR) is 189 cm³/mol. The van der Waals surface area contributed by atoms with E-state index in [1.54, 1.807) is 16.2 Å². The lowest BCUT2D eigenvalue weighted by atomic mass is 9.61. The molecule has 4 heterocycles. The molecule has 2 aliphatic heterocycles. The number of allylic oxidation sites excluding steroid dienone is 1. The summed E-state index contributed by atoms with van der Waals surface area (Å²) in [6.45, 7) is 9.47. The van der Waals surface area contributed by atoms with E-state index in [1.807, 2.05) is 7.05 Å². The van der Waals surface area contributed by atoms with Crippen molar-refractivity contribution in [3.63, 3.8) is 0 Å². The van der Waals surface area contributed by atoms with Gasteiger partial charge in [0.15, 0.2) is 28.5 Å². The quantitative estimate of drug-likeness (QED) is 0.201. The molecule has 2 aliphatic carbocycles. The van der Waals surface area contributed by atoms with Gasteiger partial charge in [0.25, 0.3) is 0 Å². The normalized spacial score (nSPS) is 28.5. The number of hydrogen-bond acceptors (Lipinski definition) is 10. The van der Waals surface area contributed by atoms with E-state index in [1.165, 1.54) is 0 Å². The summed E-state index contributed by atoms with van der Waals surface area (Å²) < 4.78 is 28.6. The summed E-state index contributed by atoms with van der Waals surface area (Å²) in [7, 11) is 3.70. The molecule has 272 valence electrons. The number of nitrogens with one attached hydrogen (secondary N) is 2. The van der Waals surface area contributed by atoms with Crippen LogP contribution in [0, 0.1) is 22.7 Å². The van der Waals surface area contributed by atoms with Crippen LogP contribution in [0.5, 0.6) is 5.88 Å². The molecule has 4 fully saturated rings. The maximum Gasteiger partial charge on any atom is 0.330 e. The van der Waals surface area contributed by atoms with Crippen molar-refractivity contribution >= 4 is 22.6 Å². The zero-order valence-electron chi connectivity index (χ0n) is 30.3. The van der Waals surface area contributed by atoms with Crippen LogP contribution >= 0.6 is 0 Å². The number of hydrogen-bond donors (Lipinski definition) is 3. The third-order valence-corrected chi connectivity index (χ3v) is 11.8. The molecule has 12 nitrogen and oxygen atoms in total. The molecule has 0 aromatic carbocycles. The topological polar surface area (TPSA) is 146 Å². The highest BCUT2D eigenvalue weighted by Gasteiger charge is 2.59. The van der Waals surface area contributed by atoms with Crippen molar-refractivity contribution < 1.29 is 24.1 Å². The second-order valence-electron chi connectivity index (χ2n) is 15.1. The van der Waals surface area contributed by atoms with Crippen molar-refractivity contribution in [2.45, 2.75) is 122 Å². The van der Waals surface area contributed by atoms with Crippen LogP contribution in [-0.2, 0) is 21.3 Å². The van der Waals surface area contributed by atoms with Crippen molar-refractivity contribution in [2.75, 3.05) is 40.0 Å². The van der Waals surface area contributed by atoms with Gasteiger partial charge in [-0.05, 0) is 95.7 Å². The average molecular weight is 683 g/mol. The number of fused-ring (bicyclic) bond motifs is 2. The Bertz CT molecular complexity index is 1580. The van der Waals surface area contributed by atoms with Gasteiger partial charge in [0.1, 0.15) is 6.10 Å². The average Bonchev–Trinajstić information content (AvgIpc) is 3.66. The maximum atomic E-state index is 13.9. The van der Waals surface area contributed by atoms with Crippen LogP contribution in [0.4, 0.5) is 0 Å². The number of nitrogens with zero attached hydrogens (tertiary/aromatic N) is 4. The van der Waals surface area contributed by atoms with Crippen molar-refractivity contribution in [3.05, 3.63) is 21.9 Å². The molecule has 0 unspecified atom stereocenters. The first kappa shape index (κ1) is 36.0. The molecule has 2 aromatic heterocycles. The monoisotopic (exact) mass is 682 g/mol. The largest absolute Gasteiger partial charge is 0.504 e. The predicted octanol–water partition coefficient (Wildman–Crippen LogP) is 6.08. The Kier molecular flexibility index (Phi) is 11.2. The van der Waals surface area contributed by atoms with Crippen LogP contribution in [0.2, 0.25) is 0 Å². The molecule has 2 aromatic rings. The highest BCUT2D eigenvalue weighted by Crippen LogP contribution is 2.55. The fraction of sp³-hybridized carbons (Fsp3) is 0.784. The molecular formula is C37H58N6O6. The van der Waals surface area contributed by atoms with E-state index in [0.717, 1.165) is 82.7 Å². The Labute approximate surface area is 290 Å². The number of aromatic nitrogens is 4. The summed E-state index contributed by atoms with van der Waals surface area (Å²) in [6, 6.07) is -0.198. The van der Waals surface area contributed by atoms with E-state index >= 15 is 0 Å². The van der Waals surface area contributed by atoms with Crippen LogP contribution in [0.1, 0.15) is 116 Å². The number of imidazole rings is 1. The molecule has 2 spiro atoms. The summed E-state index contributed by atoms with van der Waals surface area (Å²) in [6.07, 6.45) is 10.8. The van der Waals surface area contributed by atoms with Gasteiger partial charge < -0.3 is 34.8 Å². The van der Waals surface area contributed by atoms with Gasteiger partial charge in [-0.15, -0.1) is 0 Å². The summed E-state index contributed by atoms with van der Waals surface area (Å²) in [4.78, 5) is 23.7. The molecule has 0 radical (unpaired) electrons. The Morgan fingerprint density at radius 3 is 2.59 bits per heavy atom. The van der Waals surface area contributed by atoms with E-state index in [2.05, 4.69) is 26.1 Å². The van der Waals surface area contributed by atoms with Crippen LogP contribution in [-0.4, -0.2) is 81.8 Å². The molecule has 2 saturated carbocycles. The summed E-state index contributed by atoms with van der Waals surface area (Å²) in [5.74, 6) is 0.218. The van der Waals surface area contributed by atoms with Crippen molar-refractivity contribution in [1.82, 2.24) is 24.4 Å². The smallest absolute Gasteiger partial charge is 0.330 e. The third kappa shape index (κ3) is 6.82. The fourth-order valence-corrected chi connectivity index (χ4v) is 9.05. The zero-order chi connectivity index (χ0) is 34.8.